The van der Waals surface area contributed by atoms with Crippen molar-refractivity contribution in [2.45, 2.75) is 63.4 Å². The van der Waals surface area contributed by atoms with Crippen LogP contribution < -0.4 is 10.2 Å². The predicted molar refractivity (Wildman–Crippen MR) is 142 cm³/mol. The molecule has 2 N–H and O–H groups in total. The van der Waals surface area contributed by atoms with Gasteiger partial charge in [0.1, 0.15) is 5.52 Å². The molecule has 2 bridgehead atoms. The molecule has 6 rings (SSSR count). The minimum absolute atomic E-state index is 0.0850. The number of likely N-dealkylation sites (tertiary alicyclic amines) is 1. The van der Waals surface area contributed by atoms with E-state index in [2.05, 4.69) is 50.5 Å². The van der Waals surface area contributed by atoms with E-state index >= 15 is 4.39 Å². The third-order valence-corrected chi connectivity index (χ3v) is 8.08. The van der Waals surface area contributed by atoms with E-state index in [9.17, 15) is 5.11 Å². The maximum Gasteiger partial charge on any atom is 0.223 e. The Morgan fingerprint density at radius 1 is 1.16 bits per heavy atom. The second-order valence-electron chi connectivity index (χ2n) is 10.8. The number of anilines is 2. The highest BCUT2D eigenvalue weighted by atomic mass is 35.5. The van der Waals surface area contributed by atoms with Gasteiger partial charge in [0, 0.05) is 43.4 Å². The Labute approximate surface area is 220 Å². The van der Waals surface area contributed by atoms with Crippen molar-refractivity contribution >= 4 is 34.5 Å². The molecule has 3 aliphatic heterocycles. The van der Waals surface area contributed by atoms with Gasteiger partial charge in [-0.05, 0) is 52.3 Å². The highest BCUT2D eigenvalue weighted by Gasteiger charge is 2.41. The number of aliphatic hydroxyl groups is 1. The summed E-state index contributed by atoms with van der Waals surface area (Å²) in [6.07, 6.45) is 3.73. The van der Waals surface area contributed by atoms with Crippen LogP contribution in [0.15, 0.2) is 18.3 Å². The van der Waals surface area contributed by atoms with Crippen LogP contribution in [0.2, 0.25) is 5.02 Å². The van der Waals surface area contributed by atoms with Gasteiger partial charge in [0.25, 0.3) is 0 Å². The number of halogens is 2. The van der Waals surface area contributed by atoms with Gasteiger partial charge in [-0.25, -0.2) is 19.3 Å². The first kappa shape index (κ1) is 24.8. The van der Waals surface area contributed by atoms with Gasteiger partial charge in [0.2, 0.25) is 11.9 Å². The molecule has 0 amide bonds. The molecule has 0 spiro atoms. The number of rotatable bonds is 5. The molecular weight excluding hydrogens is 497 g/mol. The average molecular weight is 530 g/mol. The Kier molecular flexibility index (Phi) is 6.46. The summed E-state index contributed by atoms with van der Waals surface area (Å²) < 4.78 is 23.1. The molecule has 0 aliphatic carbocycles. The van der Waals surface area contributed by atoms with Crippen LogP contribution in [0.5, 0.6) is 0 Å². The maximum atomic E-state index is 15.6. The lowest BCUT2D eigenvalue weighted by Gasteiger charge is -2.40. The summed E-state index contributed by atoms with van der Waals surface area (Å²) in [5.74, 6) is 0.767. The first-order valence-corrected chi connectivity index (χ1v) is 13.4. The molecule has 0 radical (unpaired) electrons. The van der Waals surface area contributed by atoms with Gasteiger partial charge >= 0.3 is 0 Å². The largest absolute Gasteiger partial charge is 0.389 e. The molecule has 3 saturated heterocycles. The Bertz CT molecular complexity index is 1300. The fraction of sp³-hybridized carbons (Fsp3) is 0.577. The van der Waals surface area contributed by atoms with Crippen molar-refractivity contribution in [1.82, 2.24) is 24.4 Å². The van der Waals surface area contributed by atoms with E-state index in [1.54, 1.807) is 0 Å². The van der Waals surface area contributed by atoms with Gasteiger partial charge in [-0.2, -0.15) is 0 Å². The highest BCUT2D eigenvalue weighted by molar-refractivity contribution is 6.33. The molecule has 5 heterocycles. The summed E-state index contributed by atoms with van der Waals surface area (Å²) in [7, 11) is 2.16. The number of imidazole rings is 1. The Hall–Kier alpha value is -2.53. The van der Waals surface area contributed by atoms with Gasteiger partial charge in [0.05, 0.1) is 41.2 Å². The van der Waals surface area contributed by atoms with Crippen LogP contribution in [0, 0.1) is 5.82 Å². The lowest BCUT2D eigenvalue weighted by Crippen LogP contribution is -2.53. The number of hydrogen-bond donors (Lipinski definition) is 2. The number of aromatic nitrogens is 4. The standard InChI is InChI=1S/C26H33ClFN7O2/c1-14(2)34-21-9-15(23-18(27)10-29-25(31-23)30-20-6-7-37-13-22(20)36)8-19(28)24(21)32-26(34)35-16-4-5-17(35)12-33(3)11-16/h8-10,14,16-17,20,22,36H,4-7,11-13H2,1-3H3,(H,29,30,31)/t16?,17?,20-,22+/m0/s1. The number of fused-ring (bicyclic) bond motifs is 3. The summed E-state index contributed by atoms with van der Waals surface area (Å²) in [5, 5.41) is 13.7. The van der Waals surface area contributed by atoms with Crippen molar-refractivity contribution in [2.75, 3.05) is 43.6 Å². The van der Waals surface area contributed by atoms with Gasteiger partial charge in [-0.15, -0.1) is 0 Å². The maximum absolute atomic E-state index is 15.6. The molecule has 3 aliphatic rings. The fourth-order valence-corrected chi connectivity index (χ4v) is 6.31. The lowest BCUT2D eigenvalue weighted by molar-refractivity contribution is -0.0136. The average Bonchev–Trinajstić information content (AvgIpc) is 3.36. The molecular formula is C26H33ClFN7O2. The van der Waals surface area contributed by atoms with Crippen molar-refractivity contribution < 1.29 is 14.2 Å². The molecule has 11 heteroatoms. The first-order chi connectivity index (χ1) is 17.8. The van der Waals surface area contributed by atoms with Crippen LogP contribution in [0.1, 0.15) is 39.2 Å². The van der Waals surface area contributed by atoms with Crippen LogP contribution in [0.3, 0.4) is 0 Å². The second kappa shape index (κ2) is 9.65. The van der Waals surface area contributed by atoms with Gasteiger partial charge in [-0.3, -0.25) is 0 Å². The van der Waals surface area contributed by atoms with Crippen LogP contribution in [0.25, 0.3) is 22.3 Å². The first-order valence-electron chi connectivity index (χ1n) is 13.0. The zero-order valence-corrected chi connectivity index (χ0v) is 22.1. The molecule has 2 unspecified atom stereocenters. The highest BCUT2D eigenvalue weighted by Crippen LogP contribution is 2.39. The topological polar surface area (TPSA) is 91.6 Å². The number of aliphatic hydroxyl groups excluding tert-OH is 1. The third kappa shape index (κ3) is 4.43. The Morgan fingerprint density at radius 3 is 2.62 bits per heavy atom. The zero-order valence-electron chi connectivity index (χ0n) is 21.4. The number of piperazine rings is 1. The molecule has 3 fully saturated rings. The molecule has 2 aromatic heterocycles. The third-order valence-electron chi connectivity index (χ3n) is 7.80. The predicted octanol–water partition coefficient (Wildman–Crippen LogP) is 3.71. The zero-order chi connectivity index (χ0) is 25.8. The van der Waals surface area contributed by atoms with E-state index in [-0.39, 0.29) is 18.7 Å². The van der Waals surface area contributed by atoms with Crippen LogP contribution in [0.4, 0.5) is 16.3 Å². The van der Waals surface area contributed by atoms with Crippen molar-refractivity contribution in [3.63, 3.8) is 0 Å². The number of nitrogens with zero attached hydrogens (tertiary/aromatic N) is 6. The van der Waals surface area contributed by atoms with Crippen molar-refractivity contribution in [1.29, 1.82) is 0 Å². The van der Waals surface area contributed by atoms with Crippen molar-refractivity contribution in [3.8, 4) is 11.3 Å². The van der Waals surface area contributed by atoms with Crippen LogP contribution in [-0.4, -0.2) is 87.1 Å². The summed E-state index contributed by atoms with van der Waals surface area (Å²) in [6, 6.07) is 3.99. The molecule has 9 nitrogen and oxygen atoms in total. The fourth-order valence-electron chi connectivity index (χ4n) is 6.10. The van der Waals surface area contributed by atoms with Crippen molar-refractivity contribution in [3.05, 3.63) is 29.2 Å². The molecule has 0 saturated carbocycles. The van der Waals surface area contributed by atoms with E-state index < -0.39 is 11.9 Å². The van der Waals surface area contributed by atoms with E-state index in [1.807, 2.05) is 6.07 Å². The smallest absolute Gasteiger partial charge is 0.223 e. The van der Waals surface area contributed by atoms with Gasteiger partial charge in [-0.1, -0.05) is 11.6 Å². The molecule has 37 heavy (non-hydrogen) atoms. The lowest BCUT2D eigenvalue weighted by atomic mass is 10.1. The van der Waals surface area contributed by atoms with Crippen molar-refractivity contribution in [2.24, 2.45) is 0 Å². The second-order valence-corrected chi connectivity index (χ2v) is 11.2. The number of benzene rings is 1. The van der Waals surface area contributed by atoms with E-state index in [4.69, 9.17) is 21.3 Å². The van der Waals surface area contributed by atoms with E-state index in [0.29, 0.717) is 52.9 Å². The molecule has 1 aromatic carbocycles. The van der Waals surface area contributed by atoms with Crippen LogP contribution >= 0.6 is 11.6 Å². The van der Waals surface area contributed by atoms with Gasteiger partial charge < -0.3 is 29.5 Å². The summed E-state index contributed by atoms with van der Waals surface area (Å²) in [4.78, 5) is 18.6. The Morgan fingerprint density at radius 2 is 1.92 bits per heavy atom. The Balaban J connectivity index is 1.41. The number of ether oxygens (including phenoxy) is 1. The number of likely N-dealkylation sites (N-methyl/N-ethyl adjacent to an activating group) is 1. The molecule has 4 atom stereocenters. The normalized spacial score (nSPS) is 26.4. The SMILES string of the molecule is CC(C)n1c(N2C3CCC2CN(C)C3)nc2c(F)cc(-c3nc(N[C@H]4CCOC[C@H]4O)ncc3Cl)cc21. The summed E-state index contributed by atoms with van der Waals surface area (Å²) in [6.45, 7) is 6.99. The minimum atomic E-state index is -0.658. The number of nitrogens with one attached hydrogen (secondary N) is 1. The minimum Gasteiger partial charge on any atom is -0.389 e. The summed E-state index contributed by atoms with van der Waals surface area (Å²) in [5.41, 5.74) is 2.07. The van der Waals surface area contributed by atoms with Crippen LogP contribution in [-0.2, 0) is 4.74 Å². The summed E-state index contributed by atoms with van der Waals surface area (Å²) >= 11 is 6.52. The van der Waals surface area contributed by atoms with E-state index in [0.717, 1.165) is 37.4 Å². The monoisotopic (exact) mass is 529 g/mol. The molecule has 198 valence electrons. The van der Waals surface area contributed by atoms with Gasteiger partial charge in [0.15, 0.2) is 5.82 Å². The molecule has 3 aromatic rings. The number of hydrogen-bond acceptors (Lipinski definition) is 8. The quantitative estimate of drug-likeness (QED) is 0.517. The van der Waals surface area contributed by atoms with E-state index in [1.165, 1.54) is 12.3 Å².